The highest BCUT2D eigenvalue weighted by atomic mass is 19.1. The average Bonchev–Trinajstić information content (AvgIpc) is 2.22. The van der Waals surface area contributed by atoms with Crippen molar-refractivity contribution in [1.29, 1.82) is 0 Å². The normalized spacial score (nSPS) is 10.8. The number of hydrogen-bond acceptors (Lipinski definition) is 3. The maximum atomic E-state index is 13.5. The molecule has 0 radical (unpaired) electrons. The summed E-state index contributed by atoms with van der Waals surface area (Å²) >= 11 is 0. The van der Waals surface area contributed by atoms with Crippen LogP contribution in [0.5, 0.6) is 0 Å². The third-order valence-corrected chi connectivity index (χ3v) is 2.64. The van der Waals surface area contributed by atoms with Gasteiger partial charge < -0.3 is 5.43 Å². The minimum Gasteiger partial charge on any atom is -0.323 e. The Labute approximate surface area is 91.3 Å². The molecule has 0 saturated heterocycles. The molecule has 0 amide bonds. The lowest BCUT2D eigenvalue weighted by molar-refractivity contribution is 0.590. The van der Waals surface area contributed by atoms with Gasteiger partial charge in [0.25, 0.3) is 0 Å². The van der Waals surface area contributed by atoms with Gasteiger partial charge in [-0.25, -0.2) is 13.8 Å². The summed E-state index contributed by atoms with van der Waals surface area (Å²) in [6.45, 7) is 3.54. The van der Waals surface area contributed by atoms with Gasteiger partial charge in [0.05, 0.1) is 5.69 Å². The Kier molecular flexibility index (Phi) is 2.47. The van der Waals surface area contributed by atoms with E-state index < -0.39 is 11.6 Å². The molecule has 0 unspecified atom stereocenters. The second-order valence-corrected chi connectivity index (χ2v) is 3.63. The Bertz CT molecular complexity index is 567. The Hall–Kier alpha value is -1.75. The molecule has 1 aromatic heterocycles. The molecule has 3 nitrogen and oxygen atoms in total. The topological polar surface area (TPSA) is 50.9 Å². The van der Waals surface area contributed by atoms with Gasteiger partial charge in [-0.1, -0.05) is 0 Å². The van der Waals surface area contributed by atoms with Crippen LogP contribution in [-0.4, -0.2) is 4.98 Å². The number of nitrogens with one attached hydrogen (secondary N) is 1. The van der Waals surface area contributed by atoms with E-state index in [0.717, 1.165) is 11.6 Å². The highest BCUT2D eigenvalue weighted by Gasteiger charge is 2.13. The largest absolute Gasteiger partial charge is 0.323 e. The first-order valence-corrected chi connectivity index (χ1v) is 4.77. The van der Waals surface area contributed by atoms with Crippen LogP contribution in [0, 0.1) is 25.5 Å². The number of pyridine rings is 1. The third kappa shape index (κ3) is 1.49. The molecule has 3 N–H and O–H groups in total. The zero-order valence-corrected chi connectivity index (χ0v) is 8.94. The summed E-state index contributed by atoms with van der Waals surface area (Å²) < 4.78 is 26.6. The van der Waals surface area contributed by atoms with Crippen LogP contribution in [0.1, 0.15) is 11.3 Å². The Morgan fingerprint density at radius 3 is 2.56 bits per heavy atom. The lowest BCUT2D eigenvalue weighted by Crippen LogP contribution is -2.10. The number of hydrazine groups is 1. The van der Waals surface area contributed by atoms with Crippen LogP contribution in [0.3, 0.4) is 0 Å². The zero-order valence-electron chi connectivity index (χ0n) is 8.94. The van der Waals surface area contributed by atoms with Crippen molar-refractivity contribution in [3.05, 3.63) is 35.0 Å². The predicted octanol–water partition coefficient (Wildman–Crippen LogP) is 2.42. The lowest BCUT2D eigenvalue weighted by atomic mass is 10.1. The fourth-order valence-corrected chi connectivity index (χ4v) is 1.69. The number of anilines is 1. The number of rotatable bonds is 1. The number of nitrogens with two attached hydrogens (primary N) is 1. The third-order valence-electron chi connectivity index (χ3n) is 2.64. The summed E-state index contributed by atoms with van der Waals surface area (Å²) in [7, 11) is 0. The summed E-state index contributed by atoms with van der Waals surface area (Å²) in [6.07, 6.45) is 0. The first-order chi connectivity index (χ1) is 7.54. The average molecular weight is 223 g/mol. The van der Waals surface area contributed by atoms with Crippen molar-refractivity contribution in [2.45, 2.75) is 13.8 Å². The Morgan fingerprint density at radius 2 is 1.94 bits per heavy atom. The number of aromatic nitrogens is 1. The number of hydrogen-bond donors (Lipinski definition) is 2. The molecule has 2 rings (SSSR count). The molecular weight excluding hydrogens is 212 g/mol. The van der Waals surface area contributed by atoms with Gasteiger partial charge in [-0.05, 0) is 25.5 Å². The van der Waals surface area contributed by atoms with Crippen molar-refractivity contribution < 1.29 is 8.78 Å². The number of fused-ring (bicyclic) bond motifs is 1. The quantitative estimate of drug-likeness (QED) is 0.576. The van der Waals surface area contributed by atoms with Gasteiger partial charge in [-0.15, -0.1) is 0 Å². The van der Waals surface area contributed by atoms with E-state index in [4.69, 9.17) is 5.84 Å². The van der Waals surface area contributed by atoms with Crippen LogP contribution < -0.4 is 11.3 Å². The summed E-state index contributed by atoms with van der Waals surface area (Å²) in [5, 5.41) is 0.350. The van der Waals surface area contributed by atoms with E-state index >= 15 is 0 Å². The van der Waals surface area contributed by atoms with Gasteiger partial charge >= 0.3 is 0 Å². The van der Waals surface area contributed by atoms with E-state index in [1.807, 2.05) is 0 Å². The summed E-state index contributed by atoms with van der Waals surface area (Å²) in [4.78, 5) is 4.09. The van der Waals surface area contributed by atoms with Gasteiger partial charge in [0.15, 0.2) is 5.82 Å². The van der Waals surface area contributed by atoms with Crippen molar-refractivity contribution in [2.24, 2.45) is 5.84 Å². The van der Waals surface area contributed by atoms with Gasteiger partial charge in [0.1, 0.15) is 11.3 Å². The molecule has 0 spiro atoms. The molecule has 5 heteroatoms. The van der Waals surface area contributed by atoms with Crippen LogP contribution in [0.4, 0.5) is 14.5 Å². The van der Waals surface area contributed by atoms with Gasteiger partial charge in [-0.2, -0.15) is 0 Å². The molecule has 1 aromatic carbocycles. The minimum atomic E-state index is -0.686. The highest BCUT2D eigenvalue weighted by molar-refractivity contribution is 5.93. The van der Waals surface area contributed by atoms with Crippen molar-refractivity contribution >= 4 is 16.6 Å². The van der Waals surface area contributed by atoms with Crippen molar-refractivity contribution in [3.63, 3.8) is 0 Å². The molecule has 0 bridgehead atoms. The standard InChI is InChI=1S/C11H11F2N3/c1-5-6(2)15-11-8(10(5)16-14)3-7(12)4-9(11)13/h3-4H,14H2,1-2H3,(H,15,16). The smallest absolute Gasteiger partial charge is 0.152 e. The van der Waals surface area contributed by atoms with Crippen LogP contribution in [0.25, 0.3) is 10.9 Å². The molecule has 0 atom stereocenters. The van der Waals surface area contributed by atoms with Crippen molar-refractivity contribution in [2.75, 3.05) is 5.43 Å². The van der Waals surface area contributed by atoms with E-state index in [1.54, 1.807) is 13.8 Å². The monoisotopic (exact) mass is 223 g/mol. The summed E-state index contributed by atoms with van der Waals surface area (Å²) in [5.74, 6) is 4.03. The van der Waals surface area contributed by atoms with Crippen LogP contribution in [0.15, 0.2) is 12.1 Å². The molecule has 0 aliphatic heterocycles. The number of nitrogens with zero attached hydrogens (tertiary/aromatic N) is 1. The van der Waals surface area contributed by atoms with Crippen LogP contribution >= 0.6 is 0 Å². The van der Waals surface area contributed by atoms with E-state index in [-0.39, 0.29) is 5.52 Å². The Morgan fingerprint density at radius 1 is 1.25 bits per heavy atom. The molecule has 84 valence electrons. The SMILES string of the molecule is Cc1nc2c(F)cc(F)cc2c(NN)c1C. The van der Waals surface area contributed by atoms with E-state index in [9.17, 15) is 8.78 Å². The summed E-state index contributed by atoms with van der Waals surface area (Å²) in [6, 6.07) is 2.03. The second-order valence-electron chi connectivity index (χ2n) is 3.63. The molecule has 1 heterocycles. The first-order valence-electron chi connectivity index (χ1n) is 4.77. The van der Waals surface area contributed by atoms with Gasteiger partial charge in [-0.3, -0.25) is 5.84 Å². The number of aryl methyl sites for hydroxylation is 1. The molecule has 0 fully saturated rings. The van der Waals surface area contributed by atoms with E-state index in [2.05, 4.69) is 10.4 Å². The fourth-order valence-electron chi connectivity index (χ4n) is 1.69. The van der Waals surface area contributed by atoms with Crippen LogP contribution in [0.2, 0.25) is 0 Å². The van der Waals surface area contributed by atoms with Crippen molar-refractivity contribution in [3.8, 4) is 0 Å². The van der Waals surface area contributed by atoms with Crippen LogP contribution in [-0.2, 0) is 0 Å². The van der Waals surface area contributed by atoms with E-state index in [0.29, 0.717) is 16.8 Å². The Balaban J connectivity index is 2.96. The van der Waals surface area contributed by atoms with E-state index in [1.165, 1.54) is 6.07 Å². The second kappa shape index (κ2) is 3.68. The lowest BCUT2D eigenvalue weighted by Gasteiger charge is -2.12. The zero-order chi connectivity index (χ0) is 11.9. The fraction of sp³-hybridized carbons (Fsp3) is 0.182. The van der Waals surface area contributed by atoms with Gasteiger partial charge in [0.2, 0.25) is 0 Å². The number of nitrogen functional groups attached to an aromatic ring is 1. The molecule has 16 heavy (non-hydrogen) atoms. The molecule has 2 aromatic rings. The first kappa shape index (κ1) is 10.8. The molecule has 0 aliphatic rings. The number of benzene rings is 1. The van der Waals surface area contributed by atoms with Crippen molar-refractivity contribution in [1.82, 2.24) is 4.98 Å². The maximum absolute atomic E-state index is 13.5. The minimum absolute atomic E-state index is 0.123. The predicted molar refractivity (Wildman–Crippen MR) is 58.9 cm³/mol. The van der Waals surface area contributed by atoms with Gasteiger partial charge in [0, 0.05) is 17.1 Å². The molecular formula is C11H11F2N3. The highest BCUT2D eigenvalue weighted by Crippen LogP contribution is 2.29. The maximum Gasteiger partial charge on any atom is 0.152 e. The molecule has 0 aliphatic carbocycles. The molecule has 0 saturated carbocycles. The summed E-state index contributed by atoms with van der Waals surface area (Å²) in [5.41, 5.74) is 4.52. The number of halogens is 2.